The number of phosphoric acid groups is 1. The highest BCUT2D eigenvalue weighted by molar-refractivity contribution is 7.45. The molecule has 0 fully saturated rings. The van der Waals surface area contributed by atoms with Gasteiger partial charge in [-0.15, -0.1) is 0 Å². The molecule has 0 radical (unpaired) electrons. The maximum atomic E-state index is 13.0. The molecule has 3 unspecified atom stereocenters. The predicted octanol–water partition coefficient (Wildman–Crippen LogP) is 22.3. The average molecular weight is 1180 g/mol. The van der Waals surface area contributed by atoms with Gasteiger partial charge >= 0.3 is 0 Å². The number of hydrogen-bond donors (Lipinski definition) is 2. The molecule has 8 nitrogen and oxygen atoms in total. The van der Waals surface area contributed by atoms with Crippen molar-refractivity contribution >= 4 is 13.7 Å². The molecule has 0 aromatic carbocycles. The Morgan fingerprint density at radius 1 is 0.434 bits per heavy atom. The summed E-state index contributed by atoms with van der Waals surface area (Å²) in [4.78, 5) is 25.6. The number of phosphoric ester groups is 1. The van der Waals surface area contributed by atoms with E-state index in [1.54, 1.807) is 6.08 Å². The van der Waals surface area contributed by atoms with Crippen LogP contribution >= 0.6 is 7.82 Å². The molecule has 0 aromatic heterocycles. The van der Waals surface area contributed by atoms with Crippen molar-refractivity contribution in [3.63, 3.8) is 0 Å². The molecule has 3 atom stereocenters. The van der Waals surface area contributed by atoms with Gasteiger partial charge in [-0.25, -0.2) is 0 Å². The largest absolute Gasteiger partial charge is 0.756 e. The van der Waals surface area contributed by atoms with Crippen molar-refractivity contribution < 1.29 is 32.9 Å². The first-order valence-corrected chi connectivity index (χ1v) is 37.3. The van der Waals surface area contributed by atoms with Crippen molar-refractivity contribution in [1.29, 1.82) is 0 Å². The fraction of sp³-hybridized carbons (Fsp3) is 0.824. The lowest BCUT2D eigenvalue weighted by Gasteiger charge is -2.29. The number of amides is 1. The molecule has 83 heavy (non-hydrogen) atoms. The van der Waals surface area contributed by atoms with Crippen LogP contribution in [0.4, 0.5) is 0 Å². The highest BCUT2D eigenvalue weighted by atomic mass is 31.2. The third kappa shape index (κ3) is 67.3. The second-order valence-corrected chi connectivity index (χ2v) is 27.0. The van der Waals surface area contributed by atoms with Crippen LogP contribution in [0.2, 0.25) is 0 Å². The predicted molar refractivity (Wildman–Crippen MR) is 362 cm³/mol. The third-order valence-corrected chi connectivity index (χ3v) is 17.1. The highest BCUT2D eigenvalue weighted by Crippen LogP contribution is 2.38. The van der Waals surface area contributed by atoms with Crippen LogP contribution in [0.15, 0.2) is 72.9 Å². The van der Waals surface area contributed by atoms with Crippen molar-refractivity contribution in [2.45, 2.75) is 353 Å². The summed E-state index contributed by atoms with van der Waals surface area (Å²) in [5.74, 6) is -0.202. The van der Waals surface area contributed by atoms with Gasteiger partial charge < -0.3 is 28.8 Å². The molecule has 0 saturated heterocycles. The summed E-state index contributed by atoms with van der Waals surface area (Å²) in [5.41, 5.74) is 0. The number of aliphatic hydroxyl groups is 1. The minimum atomic E-state index is -4.61. The number of hydrogen-bond acceptors (Lipinski definition) is 6. The van der Waals surface area contributed by atoms with Gasteiger partial charge in [0.1, 0.15) is 13.2 Å². The van der Waals surface area contributed by atoms with Crippen molar-refractivity contribution in [2.24, 2.45) is 0 Å². The van der Waals surface area contributed by atoms with E-state index in [9.17, 15) is 19.4 Å². The molecule has 0 aromatic rings. The Morgan fingerprint density at radius 3 is 1.12 bits per heavy atom. The van der Waals surface area contributed by atoms with E-state index in [0.29, 0.717) is 17.4 Å². The molecule has 486 valence electrons. The van der Waals surface area contributed by atoms with Crippen LogP contribution in [0.3, 0.4) is 0 Å². The monoisotopic (exact) mass is 1180 g/mol. The van der Waals surface area contributed by atoms with Crippen LogP contribution < -0.4 is 10.2 Å². The topological polar surface area (TPSA) is 108 Å². The van der Waals surface area contributed by atoms with Crippen molar-refractivity contribution in [2.75, 3.05) is 40.9 Å². The summed E-state index contributed by atoms with van der Waals surface area (Å²) < 4.78 is 23.5. The zero-order valence-electron chi connectivity index (χ0n) is 55.6. The van der Waals surface area contributed by atoms with E-state index in [4.69, 9.17) is 9.05 Å². The Kier molecular flexibility index (Phi) is 62.8. The van der Waals surface area contributed by atoms with Crippen LogP contribution in [0.1, 0.15) is 341 Å². The van der Waals surface area contributed by atoms with E-state index < -0.39 is 26.6 Å². The summed E-state index contributed by atoms with van der Waals surface area (Å²) >= 11 is 0. The van der Waals surface area contributed by atoms with E-state index in [1.807, 2.05) is 27.2 Å². The zero-order valence-corrected chi connectivity index (χ0v) is 56.5. The van der Waals surface area contributed by atoms with Crippen molar-refractivity contribution in [3.05, 3.63) is 72.9 Å². The fourth-order valence-electron chi connectivity index (χ4n) is 10.6. The molecule has 0 bridgehead atoms. The van der Waals surface area contributed by atoms with Crippen LogP contribution in [-0.2, 0) is 18.4 Å². The number of likely N-dealkylation sites (N-methyl/N-ethyl adjacent to an activating group) is 1. The Bertz CT molecular complexity index is 1580. The molecule has 2 N–H and O–H groups in total. The molecule has 0 rings (SSSR count). The standard InChI is InChI=1S/C74H139N2O6P/c1-6-8-10-12-14-16-18-20-22-24-26-28-30-32-34-35-36-37-38-39-40-41-42-44-46-48-50-52-54-56-58-60-62-64-66-68-74(78)75-72(71-82-83(79,80)81-70-69-76(3,4)5)73(77)67-65-63-61-59-57-55-53-51-49-47-45-43-33-31-29-27-25-23-21-19-17-15-13-11-9-7-2/h8,10,14,16,20,22,26,28,57,59,65,67,72-73,77H,6-7,9,11-13,15,17-19,21,23-25,27,29-56,58,60-64,66,68-71H2,1-5H3,(H-,75,78,79,80)/b10-8-,16-14-,22-20-,28-26-,59-57+,67-65+. The SMILES string of the molecule is CC/C=C\C/C=C\C/C=C\C/C=C\CCCCCCCCCCCCCCCCCCCCCCCCC(=O)NC(COP(=O)([O-])OCC[N+](C)(C)C)C(O)/C=C/CC/C=C/CCCCCCCCCCCCCCCCCCCCCC. The number of quaternary nitrogens is 1. The van der Waals surface area contributed by atoms with Gasteiger partial charge in [0.05, 0.1) is 39.9 Å². The van der Waals surface area contributed by atoms with Crippen molar-refractivity contribution in [3.8, 4) is 0 Å². The smallest absolute Gasteiger partial charge is 0.268 e. The minimum absolute atomic E-state index is 0.00619. The first-order valence-electron chi connectivity index (χ1n) is 35.8. The second kappa shape index (κ2) is 64.4. The number of carbonyl (C=O) groups is 1. The maximum absolute atomic E-state index is 13.0. The first-order chi connectivity index (χ1) is 40.5. The number of nitrogens with zero attached hydrogens (tertiary/aromatic N) is 1. The van der Waals surface area contributed by atoms with Gasteiger partial charge in [0, 0.05) is 6.42 Å². The lowest BCUT2D eigenvalue weighted by Crippen LogP contribution is -2.45. The van der Waals surface area contributed by atoms with Gasteiger partial charge in [-0.3, -0.25) is 9.36 Å². The molecular weight excluding hydrogens is 1040 g/mol. The quantitative estimate of drug-likeness (QED) is 0.0272. The number of unbranched alkanes of at least 4 members (excludes halogenated alkanes) is 43. The number of allylic oxidation sites excluding steroid dienone is 11. The van der Waals surface area contributed by atoms with E-state index in [1.165, 1.54) is 257 Å². The van der Waals surface area contributed by atoms with Gasteiger partial charge in [-0.05, 0) is 70.6 Å². The van der Waals surface area contributed by atoms with Crippen LogP contribution in [0, 0.1) is 0 Å². The molecule has 9 heteroatoms. The lowest BCUT2D eigenvalue weighted by molar-refractivity contribution is -0.870. The molecule has 0 aliphatic carbocycles. The molecule has 0 aliphatic rings. The molecule has 0 saturated carbocycles. The second-order valence-electron chi connectivity index (χ2n) is 25.6. The zero-order chi connectivity index (χ0) is 60.5. The number of rotatable bonds is 66. The fourth-order valence-corrected chi connectivity index (χ4v) is 11.4. The van der Waals surface area contributed by atoms with E-state index in [0.717, 1.165) is 64.2 Å². The van der Waals surface area contributed by atoms with E-state index in [-0.39, 0.29) is 12.5 Å². The summed E-state index contributed by atoms with van der Waals surface area (Å²) in [5, 5.41) is 14.0. The first kappa shape index (κ1) is 80.9. The molecular formula is C74H139N2O6P. The van der Waals surface area contributed by atoms with Crippen LogP contribution in [0.5, 0.6) is 0 Å². The Balaban J connectivity index is 4.04. The number of nitrogens with one attached hydrogen (secondary N) is 1. The van der Waals surface area contributed by atoms with E-state index in [2.05, 4.69) is 79.9 Å². The Labute approximate surface area is 516 Å². The summed E-state index contributed by atoms with van der Waals surface area (Å²) in [6, 6.07) is -0.906. The average Bonchev–Trinajstić information content (AvgIpc) is 3.49. The highest BCUT2D eigenvalue weighted by Gasteiger charge is 2.23. The summed E-state index contributed by atoms with van der Waals surface area (Å²) in [6.07, 6.45) is 90.4. The maximum Gasteiger partial charge on any atom is 0.268 e. The molecule has 1 amide bonds. The van der Waals surface area contributed by atoms with Crippen LogP contribution in [0.25, 0.3) is 0 Å². The van der Waals surface area contributed by atoms with Crippen molar-refractivity contribution in [1.82, 2.24) is 5.32 Å². The van der Waals surface area contributed by atoms with Gasteiger partial charge in [-0.1, -0.05) is 337 Å². The van der Waals surface area contributed by atoms with Crippen LogP contribution in [-0.4, -0.2) is 68.5 Å². The lowest BCUT2D eigenvalue weighted by atomic mass is 10.0. The van der Waals surface area contributed by atoms with E-state index >= 15 is 0 Å². The van der Waals surface area contributed by atoms with Gasteiger partial charge in [0.25, 0.3) is 7.82 Å². The summed E-state index contributed by atoms with van der Waals surface area (Å²) in [6.45, 7) is 4.56. The Morgan fingerprint density at radius 2 is 0.747 bits per heavy atom. The number of carbonyl (C=O) groups excluding carboxylic acids is 1. The molecule has 0 spiro atoms. The molecule has 0 aliphatic heterocycles. The molecule has 0 heterocycles. The number of aliphatic hydroxyl groups excluding tert-OH is 1. The van der Waals surface area contributed by atoms with Gasteiger partial charge in [0.15, 0.2) is 0 Å². The Hall–Kier alpha value is -2.06. The normalized spacial score (nSPS) is 14.1. The summed E-state index contributed by atoms with van der Waals surface area (Å²) in [7, 11) is 1.25. The van der Waals surface area contributed by atoms with Gasteiger partial charge in [-0.2, -0.15) is 0 Å². The third-order valence-electron chi connectivity index (χ3n) is 16.2. The van der Waals surface area contributed by atoms with Gasteiger partial charge in [0.2, 0.25) is 5.91 Å². The minimum Gasteiger partial charge on any atom is -0.756 e.